The lowest BCUT2D eigenvalue weighted by Crippen LogP contribution is -2.59. The minimum Gasteiger partial charge on any atom is -0.458 e. The zero-order valence-electron chi connectivity index (χ0n) is 16.3. The maximum Gasteiger partial charge on any atom is 0.460 e. The summed E-state index contributed by atoms with van der Waals surface area (Å²) in [6.07, 6.45) is -1.84. The third-order valence-electron chi connectivity index (χ3n) is 3.98. The molecule has 0 aliphatic carbocycles. The average Bonchev–Trinajstić information content (AvgIpc) is 2.72. The Morgan fingerprint density at radius 3 is 1.81 bits per heavy atom. The third kappa shape index (κ3) is 5.26. The predicted molar refractivity (Wildman–Crippen MR) is 93.5 cm³/mol. The minimum absolute atomic E-state index is 0.00161. The van der Waals surface area contributed by atoms with Gasteiger partial charge in [-0.1, -0.05) is 6.08 Å². The van der Waals surface area contributed by atoms with E-state index in [-0.39, 0.29) is 29.2 Å². The lowest BCUT2D eigenvalue weighted by atomic mass is 9.97. The SMILES string of the molecule is C/C=C(/C=C\C(=C/C)C(=O)NO)Oc1ccc(C(F)(F)C(F)(F)C(F)(F)C(F)(F)F)cc1. The number of hydrogen-bond donors (Lipinski definition) is 2. The standard InChI is InChI=1S/C19H16F9NO3/c1-3-11(15(30)29-31)5-8-13(4-2)32-14-9-6-12(7-10-14)16(20,21)17(22,23)18(24,25)19(26,27)28/h3-10,31H,1-2H3,(H,29,30)/b8-5-,11-3+,13-4-. The van der Waals surface area contributed by atoms with Crippen molar-refractivity contribution in [2.75, 3.05) is 0 Å². The molecule has 2 N–H and O–H groups in total. The normalized spacial score (nSPS) is 14.6. The van der Waals surface area contributed by atoms with Gasteiger partial charge in [-0.2, -0.15) is 39.5 Å². The molecule has 4 nitrogen and oxygen atoms in total. The second-order valence-corrected chi connectivity index (χ2v) is 6.06. The summed E-state index contributed by atoms with van der Waals surface area (Å²) in [5.41, 5.74) is -0.416. The fourth-order valence-electron chi connectivity index (χ4n) is 2.15. The smallest absolute Gasteiger partial charge is 0.458 e. The van der Waals surface area contributed by atoms with Crippen LogP contribution >= 0.6 is 0 Å². The Labute approximate surface area is 175 Å². The number of hydroxylamine groups is 1. The van der Waals surface area contributed by atoms with Gasteiger partial charge in [0, 0.05) is 11.1 Å². The maximum absolute atomic E-state index is 13.9. The van der Waals surface area contributed by atoms with Gasteiger partial charge in [-0.05, 0) is 56.3 Å². The predicted octanol–water partition coefficient (Wildman–Crippen LogP) is 5.90. The number of carbonyl (C=O) groups is 1. The summed E-state index contributed by atoms with van der Waals surface area (Å²) in [5, 5.41) is 8.59. The Morgan fingerprint density at radius 2 is 1.41 bits per heavy atom. The summed E-state index contributed by atoms with van der Waals surface area (Å²) >= 11 is 0. The number of nitrogens with one attached hydrogen (secondary N) is 1. The molecule has 13 heteroatoms. The van der Waals surface area contributed by atoms with Crippen LogP contribution in [0.5, 0.6) is 5.75 Å². The average molecular weight is 477 g/mol. The van der Waals surface area contributed by atoms with E-state index >= 15 is 0 Å². The summed E-state index contributed by atoms with van der Waals surface area (Å²) in [4.78, 5) is 11.4. The summed E-state index contributed by atoms with van der Waals surface area (Å²) in [6, 6.07) is 1.73. The molecule has 1 aromatic carbocycles. The van der Waals surface area contributed by atoms with E-state index in [1.54, 1.807) is 0 Å². The van der Waals surface area contributed by atoms with Crippen molar-refractivity contribution in [3.63, 3.8) is 0 Å². The molecule has 0 atom stereocenters. The zero-order chi connectivity index (χ0) is 25.0. The molecule has 0 saturated carbocycles. The molecule has 0 saturated heterocycles. The quantitative estimate of drug-likeness (QED) is 0.122. The van der Waals surface area contributed by atoms with Crippen LogP contribution in [0, 0.1) is 0 Å². The molecule has 0 fully saturated rings. The van der Waals surface area contributed by atoms with Gasteiger partial charge in [0.25, 0.3) is 5.91 Å². The van der Waals surface area contributed by atoms with Crippen molar-refractivity contribution in [1.82, 2.24) is 5.48 Å². The topological polar surface area (TPSA) is 58.6 Å². The Hall–Kier alpha value is -2.96. The summed E-state index contributed by atoms with van der Waals surface area (Å²) in [7, 11) is 0. The van der Waals surface area contributed by atoms with Crippen molar-refractivity contribution < 1.29 is 54.3 Å². The molecule has 0 aromatic heterocycles. The van der Waals surface area contributed by atoms with Crippen molar-refractivity contribution in [2.24, 2.45) is 0 Å². The van der Waals surface area contributed by atoms with Gasteiger partial charge in [0.05, 0.1) is 0 Å². The van der Waals surface area contributed by atoms with Gasteiger partial charge >= 0.3 is 23.9 Å². The zero-order valence-corrected chi connectivity index (χ0v) is 16.3. The number of rotatable bonds is 8. The fourth-order valence-corrected chi connectivity index (χ4v) is 2.15. The Balaban J connectivity index is 3.14. The molecule has 0 heterocycles. The molecule has 0 spiro atoms. The number of allylic oxidation sites excluding steroid dienone is 3. The van der Waals surface area contributed by atoms with Gasteiger partial charge in [-0.3, -0.25) is 10.0 Å². The van der Waals surface area contributed by atoms with Crippen molar-refractivity contribution >= 4 is 5.91 Å². The van der Waals surface area contributed by atoms with Crippen LogP contribution in [0.2, 0.25) is 0 Å². The van der Waals surface area contributed by atoms with Gasteiger partial charge in [-0.25, -0.2) is 5.48 Å². The Bertz CT molecular complexity index is 902. The maximum atomic E-state index is 13.9. The van der Waals surface area contributed by atoms with Crippen molar-refractivity contribution in [3.05, 3.63) is 65.5 Å². The first-order chi connectivity index (χ1) is 14.6. The molecule has 1 aromatic rings. The van der Waals surface area contributed by atoms with Gasteiger partial charge in [0.2, 0.25) is 0 Å². The first kappa shape index (κ1) is 27.1. The molecule has 0 aliphatic heterocycles. The number of alkyl halides is 9. The van der Waals surface area contributed by atoms with Crippen LogP contribution < -0.4 is 10.2 Å². The van der Waals surface area contributed by atoms with Crippen LogP contribution in [-0.4, -0.2) is 29.1 Å². The fraction of sp³-hybridized carbons (Fsp3) is 0.316. The van der Waals surface area contributed by atoms with Crippen LogP contribution in [0.15, 0.2) is 59.9 Å². The molecule has 178 valence electrons. The van der Waals surface area contributed by atoms with E-state index in [4.69, 9.17) is 9.94 Å². The first-order valence-electron chi connectivity index (χ1n) is 8.50. The van der Waals surface area contributed by atoms with Gasteiger partial charge in [0.15, 0.2) is 0 Å². The van der Waals surface area contributed by atoms with Crippen LogP contribution in [0.1, 0.15) is 19.4 Å². The Morgan fingerprint density at radius 1 is 0.875 bits per heavy atom. The number of carbonyl (C=O) groups excluding carboxylic acids is 1. The van der Waals surface area contributed by atoms with Gasteiger partial charge in [-0.15, -0.1) is 0 Å². The summed E-state index contributed by atoms with van der Waals surface area (Å²) < 4.78 is 123. The molecule has 1 rings (SSSR count). The highest BCUT2D eigenvalue weighted by molar-refractivity contribution is 5.95. The van der Waals surface area contributed by atoms with Gasteiger partial charge < -0.3 is 4.74 Å². The lowest BCUT2D eigenvalue weighted by Gasteiger charge is -2.33. The van der Waals surface area contributed by atoms with E-state index in [1.807, 2.05) is 0 Å². The van der Waals surface area contributed by atoms with E-state index in [0.717, 1.165) is 0 Å². The molecule has 0 bridgehead atoms. The lowest BCUT2D eigenvalue weighted by molar-refractivity contribution is -0.399. The van der Waals surface area contributed by atoms with E-state index in [1.165, 1.54) is 43.6 Å². The second kappa shape index (κ2) is 9.67. The molecule has 0 unspecified atom stereocenters. The Kier molecular flexibility index (Phi) is 8.18. The number of amides is 1. The highest BCUT2D eigenvalue weighted by Crippen LogP contribution is 2.56. The minimum atomic E-state index is -6.99. The number of benzene rings is 1. The van der Waals surface area contributed by atoms with Crippen LogP contribution in [0.3, 0.4) is 0 Å². The highest BCUT2D eigenvalue weighted by Gasteiger charge is 2.82. The molecule has 1 amide bonds. The third-order valence-corrected chi connectivity index (χ3v) is 3.98. The molecule has 0 aliphatic rings. The van der Waals surface area contributed by atoms with E-state index < -0.39 is 35.4 Å². The molecular formula is C19H16F9NO3. The van der Waals surface area contributed by atoms with Crippen molar-refractivity contribution in [1.29, 1.82) is 0 Å². The van der Waals surface area contributed by atoms with E-state index in [2.05, 4.69) is 0 Å². The highest BCUT2D eigenvalue weighted by atomic mass is 19.4. The van der Waals surface area contributed by atoms with Crippen molar-refractivity contribution in [2.45, 2.75) is 37.8 Å². The van der Waals surface area contributed by atoms with E-state index in [0.29, 0.717) is 12.1 Å². The van der Waals surface area contributed by atoms with E-state index in [9.17, 15) is 44.3 Å². The second-order valence-electron chi connectivity index (χ2n) is 6.06. The van der Waals surface area contributed by atoms with Gasteiger partial charge in [0.1, 0.15) is 11.5 Å². The largest absolute Gasteiger partial charge is 0.460 e. The van der Waals surface area contributed by atoms with Crippen LogP contribution in [-0.2, 0) is 10.7 Å². The molecule has 32 heavy (non-hydrogen) atoms. The van der Waals surface area contributed by atoms with Crippen LogP contribution in [0.25, 0.3) is 0 Å². The monoisotopic (exact) mass is 477 g/mol. The van der Waals surface area contributed by atoms with Crippen molar-refractivity contribution in [3.8, 4) is 5.75 Å². The number of halogens is 9. The first-order valence-corrected chi connectivity index (χ1v) is 8.50. The molecular weight excluding hydrogens is 461 g/mol. The molecule has 0 radical (unpaired) electrons. The van der Waals surface area contributed by atoms with Crippen LogP contribution in [0.4, 0.5) is 39.5 Å². The summed E-state index contributed by atoms with van der Waals surface area (Å²) in [6.45, 7) is 2.94. The number of ether oxygens (including phenoxy) is 1. The summed E-state index contributed by atoms with van der Waals surface area (Å²) in [5.74, 6) is -20.7. The number of hydrogen-bond acceptors (Lipinski definition) is 3.